The number of carbonyl (C=O) groups excluding carboxylic acids is 1. The van der Waals surface area contributed by atoms with Crippen molar-refractivity contribution in [3.8, 4) is 0 Å². The first kappa shape index (κ1) is 20.7. The van der Waals surface area contributed by atoms with E-state index in [1.165, 1.54) is 23.8 Å². The third-order valence-electron chi connectivity index (χ3n) is 4.24. The van der Waals surface area contributed by atoms with E-state index in [0.717, 1.165) is 33.1 Å². The van der Waals surface area contributed by atoms with Crippen molar-refractivity contribution in [3.63, 3.8) is 0 Å². The second-order valence-electron chi connectivity index (χ2n) is 6.30. The Hall–Kier alpha value is -2.00. The van der Waals surface area contributed by atoms with Gasteiger partial charge >= 0.3 is 0 Å². The van der Waals surface area contributed by atoms with Gasteiger partial charge in [-0.25, -0.2) is 8.42 Å². The highest BCUT2D eigenvalue weighted by Crippen LogP contribution is 2.30. The molecule has 0 saturated carbocycles. The van der Waals surface area contributed by atoms with Crippen LogP contribution in [0.5, 0.6) is 0 Å². The Morgan fingerprint density at radius 2 is 1.86 bits per heavy atom. The minimum Gasteiger partial charge on any atom is -0.351 e. The Labute approximate surface area is 173 Å². The van der Waals surface area contributed by atoms with Crippen LogP contribution in [0.3, 0.4) is 0 Å². The summed E-state index contributed by atoms with van der Waals surface area (Å²) in [4.78, 5) is 12.8. The van der Waals surface area contributed by atoms with E-state index in [0.29, 0.717) is 6.54 Å². The third-order valence-corrected chi connectivity index (χ3v) is 8.17. The van der Waals surface area contributed by atoms with E-state index in [4.69, 9.17) is 0 Å². The van der Waals surface area contributed by atoms with E-state index in [1.807, 2.05) is 41.8 Å². The first-order chi connectivity index (χ1) is 13.4. The molecule has 0 aliphatic carbocycles. The second kappa shape index (κ2) is 9.00. The number of hydrogen-bond acceptors (Lipinski definition) is 5. The van der Waals surface area contributed by atoms with Crippen molar-refractivity contribution in [1.29, 1.82) is 0 Å². The topological polar surface area (TPSA) is 75.3 Å². The van der Waals surface area contributed by atoms with Crippen LogP contribution in [0.2, 0.25) is 0 Å². The van der Waals surface area contributed by atoms with E-state index in [2.05, 4.69) is 17.0 Å². The molecule has 1 aromatic carbocycles. The van der Waals surface area contributed by atoms with E-state index < -0.39 is 16.1 Å². The highest BCUT2D eigenvalue weighted by molar-refractivity contribution is 7.91. The molecular weight excluding hydrogens is 412 g/mol. The summed E-state index contributed by atoms with van der Waals surface area (Å²) in [5, 5.41) is 4.62. The normalized spacial score (nSPS) is 12.6. The molecule has 0 aliphatic rings. The smallest absolute Gasteiger partial charge is 0.250 e. The first-order valence-electron chi connectivity index (χ1n) is 8.86. The summed E-state index contributed by atoms with van der Waals surface area (Å²) in [5.74, 6) is -0.149. The molecule has 2 aromatic heterocycles. The molecule has 28 heavy (non-hydrogen) atoms. The van der Waals surface area contributed by atoms with E-state index in [-0.39, 0.29) is 10.1 Å². The van der Waals surface area contributed by atoms with Gasteiger partial charge in [0, 0.05) is 16.7 Å². The molecule has 2 N–H and O–H groups in total. The van der Waals surface area contributed by atoms with Gasteiger partial charge in [0.1, 0.15) is 4.21 Å². The van der Waals surface area contributed by atoms with Crippen LogP contribution in [0, 0.1) is 0 Å². The van der Waals surface area contributed by atoms with Crippen LogP contribution in [-0.2, 0) is 27.8 Å². The quantitative estimate of drug-likeness (QED) is 0.561. The molecule has 0 aliphatic heterocycles. The highest BCUT2D eigenvalue weighted by atomic mass is 32.2. The summed E-state index contributed by atoms with van der Waals surface area (Å²) < 4.78 is 29.1. The Morgan fingerprint density at radius 1 is 1.11 bits per heavy atom. The zero-order valence-corrected chi connectivity index (χ0v) is 18.1. The zero-order valence-electron chi connectivity index (χ0n) is 15.6. The number of sulfonamides is 1. The van der Waals surface area contributed by atoms with Crippen LogP contribution < -0.4 is 10.0 Å². The molecule has 1 amide bonds. The fourth-order valence-electron chi connectivity index (χ4n) is 2.71. The molecule has 2 heterocycles. The van der Waals surface area contributed by atoms with Crippen LogP contribution in [0.25, 0.3) is 0 Å². The molecule has 3 aromatic rings. The van der Waals surface area contributed by atoms with Gasteiger partial charge in [0.05, 0.1) is 12.6 Å². The summed E-state index contributed by atoms with van der Waals surface area (Å²) in [6.07, 6.45) is 0.932. The lowest BCUT2D eigenvalue weighted by molar-refractivity contribution is -0.119. The Morgan fingerprint density at radius 3 is 2.46 bits per heavy atom. The monoisotopic (exact) mass is 434 g/mol. The van der Waals surface area contributed by atoms with Crippen molar-refractivity contribution >= 4 is 38.6 Å². The van der Waals surface area contributed by atoms with Crippen molar-refractivity contribution in [2.45, 2.75) is 37.1 Å². The molecule has 0 fully saturated rings. The summed E-state index contributed by atoms with van der Waals surface area (Å²) in [7, 11) is -3.70. The molecule has 1 atom stereocenters. The lowest BCUT2D eigenvalue weighted by atomic mass is 10.0. The fourth-order valence-corrected chi connectivity index (χ4v) is 6.11. The SMILES string of the molecule is CCc1ccc(C(NS(=O)(=O)c2ccc(CNC(C)=O)s2)c2cccs2)cc1. The average Bonchev–Trinajstić information content (AvgIpc) is 3.37. The highest BCUT2D eigenvalue weighted by Gasteiger charge is 2.25. The third kappa shape index (κ3) is 5.08. The van der Waals surface area contributed by atoms with Gasteiger partial charge in [0.25, 0.3) is 10.0 Å². The summed E-state index contributed by atoms with van der Waals surface area (Å²) >= 11 is 2.68. The van der Waals surface area contributed by atoms with Gasteiger partial charge in [-0.2, -0.15) is 4.72 Å². The van der Waals surface area contributed by atoms with Crippen LogP contribution >= 0.6 is 22.7 Å². The predicted molar refractivity (Wildman–Crippen MR) is 114 cm³/mol. The Balaban J connectivity index is 1.86. The van der Waals surface area contributed by atoms with Gasteiger partial charge in [0.2, 0.25) is 5.91 Å². The lowest BCUT2D eigenvalue weighted by Crippen LogP contribution is -2.28. The minimum absolute atomic E-state index is 0.149. The minimum atomic E-state index is -3.70. The predicted octanol–water partition coefficient (Wildman–Crippen LogP) is 4.08. The standard InChI is InChI=1S/C20H22N2O3S3/c1-3-15-6-8-16(9-7-15)20(18-5-4-12-26-18)22-28(24,25)19-11-10-17(27-19)13-21-14(2)23/h4-12,20,22H,3,13H2,1-2H3,(H,21,23). The van der Waals surface area contributed by atoms with E-state index in [1.54, 1.807) is 12.1 Å². The van der Waals surface area contributed by atoms with Gasteiger partial charge in [-0.15, -0.1) is 22.7 Å². The molecule has 0 radical (unpaired) electrons. The molecule has 0 saturated heterocycles. The summed E-state index contributed by atoms with van der Waals surface area (Å²) in [6.45, 7) is 3.84. The first-order valence-corrected chi connectivity index (χ1v) is 12.0. The van der Waals surface area contributed by atoms with Crippen molar-refractivity contribution < 1.29 is 13.2 Å². The number of aryl methyl sites for hydroxylation is 1. The molecule has 1 unspecified atom stereocenters. The summed E-state index contributed by atoms with van der Waals surface area (Å²) in [5.41, 5.74) is 2.11. The molecule has 3 rings (SSSR count). The lowest BCUT2D eigenvalue weighted by Gasteiger charge is -2.18. The summed E-state index contributed by atoms with van der Waals surface area (Å²) in [6, 6.07) is 14.7. The molecule has 0 bridgehead atoms. The second-order valence-corrected chi connectivity index (χ2v) is 10.4. The maximum Gasteiger partial charge on any atom is 0.250 e. The molecule has 0 spiro atoms. The number of nitrogens with one attached hydrogen (secondary N) is 2. The van der Waals surface area contributed by atoms with Crippen LogP contribution in [0.1, 0.15) is 40.8 Å². The van der Waals surface area contributed by atoms with Crippen LogP contribution in [0.15, 0.2) is 58.1 Å². The molecule has 5 nitrogen and oxygen atoms in total. The Bertz CT molecular complexity index is 1020. The molecule has 148 valence electrons. The maximum absolute atomic E-state index is 13.0. The van der Waals surface area contributed by atoms with Gasteiger partial charge in [-0.05, 0) is 41.1 Å². The number of thiophene rings is 2. The fraction of sp³-hybridized carbons (Fsp3) is 0.250. The zero-order chi connectivity index (χ0) is 20.1. The molecular formula is C20H22N2O3S3. The van der Waals surface area contributed by atoms with Crippen LogP contribution in [0.4, 0.5) is 0 Å². The van der Waals surface area contributed by atoms with E-state index in [9.17, 15) is 13.2 Å². The number of rotatable bonds is 8. The average molecular weight is 435 g/mol. The van der Waals surface area contributed by atoms with Crippen molar-refractivity contribution in [3.05, 3.63) is 74.8 Å². The van der Waals surface area contributed by atoms with Gasteiger partial charge in [-0.3, -0.25) is 4.79 Å². The molecule has 8 heteroatoms. The van der Waals surface area contributed by atoms with Crippen molar-refractivity contribution in [1.82, 2.24) is 10.0 Å². The van der Waals surface area contributed by atoms with Gasteiger partial charge < -0.3 is 5.32 Å². The number of carbonyl (C=O) groups is 1. The maximum atomic E-state index is 13.0. The van der Waals surface area contributed by atoms with Crippen LogP contribution in [-0.4, -0.2) is 14.3 Å². The number of amides is 1. The van der Waals surface area contributed by atoms with E-state index >= 15 is 0 Å². The van der Waals surface area contributed by atoms with Crippen molar-refractivity contribution in [2.75, 3.05) is 0 Å². The Kier molecular flexibility index (Phi) is 6.66. The number of hydrogen-bond donors (Lipinski definition) is 2. The van der Waals surface area contributed by atoms with Crippen molar-refractivity contribution in [2.24, 2.45) is 0 Å². The van der Waals surface area contributed by atoms with Gasteiger partial charge in [0.15, 0.2) is 0 Å². The number of benzene rings is 1. The largest absolute Gasteiger partial charge is 0.351 e. The van der Waals surface area contributed by atoms with Gasteiger partial charge in [-0.1, -0.05) is 37.3 Å².